The van der Waals surface area contributed by atoms with Crippen LogP contribution in [0.15, 0.2) is 0 Å². The van der Waals surface area contributed by atoms with Crippen LogP contribution in [0, 0.1) is 0 Å². The fraction of sp³-hybridized carbons (Fsp3) is 1.00. The van der Waals surface area contributed by atoms with Crippen molar-refractivity contribution in [2.24, 2.45) is 0 Å². The number of aliphatic hydroxyl groups is 1. The van der Waals surface area contributed by atoms with Crippen LogP contribution in [0.4, 0.5) is 0 Å². The molecule has 1 N–H and O–H groups in total. The van der Waals surface area contributed by atoms with Gasteiger partial charge in [-0.1, -0.05) is 6.92 Å². The molecule has 3 heteroatoms. The summed E-state index contributed by atoms with van der Waals surface area (Å²) >= 11 is 0. The molecular formula is C10H21NO2. The van der Waals surface area contributed by atoms with Crippen LogP contribution in [-0.2, 0) is 4.74 Å². The Morgan fingerprint density at radius 3 is 2.85 bits per heavy atom. The van der Waals surface area contributed by atoms with Gasteiger partial charge in [-0.15, -0.1) is 0 Å². The van der Waals surface area contributed by atoms with Gasteiger partial charge in [0.15, 0.2) is 0 Å². The quantitative estimate of drug-likeness (QED) is 0.711. The Morgan fingerprint density at radius 1 is 1.62 bits per heavy atom. The monoisotopic (exact) mass is 187 g/mol. The van der Waals surface area contributed by atoms with E-state index in [1.165, 1.54) is 0 Å². The van der Waals surface area contributed by atoms with E-state index in [9.17, 15) is 5.11 Å². The van der Waals surface area contributed by atoms with Crippen molar-refractivity contribution in [2.75, 3.05) is 19.7 Å². The summed E-state index contributed by atoms with van der Waals surface area (Å²) < 4.78 is 5.57. The zero-order valence-corrected chi connectivity index (χ0v) is 8.86. The van der Waals surface area contributed by atoms with Crippen LogP contribution in [0.5, 0.6) is 0 Å². The van der Waals surface area contributed by atoms with Crippen LogP contribution in [-0.4, -0.2) is 48.0 Å². The molecule has 3 atom stereocenters. The number of hydrogen-bond acceptors (Lipinski definition) is 3. The molecule has 0 aliphatic carbocycles. The smallest absolute Gasteiger partial charge is 0.0674 e. The van der Waals surface area contributed by atoms with Gasteiger partial charge in [0.2, 0.25) is 0 Å². The highest BCUT2D eigenvalue weighted by molar-refractivity contribution is 4.78. The molecule has 0 saturated carbocycles. The normalized spacial score (nSPS) is 33.2. The molecule has 3 unspecified atom stereocenters. The fourth-order valence-electron chi connectivity index (χ4n) is 1.85. The first-order valence-electron chi connectivity index (χ1n) is 5.17. The number of morpholine rings is 1. The minimum absolute atomic E-state index is 0.237. The average molecular weight is 187 g/mol. The van der Waals surface area contributed by atoms with E-state index in [4.69, 9.17) is 4.74 Å². The van der Waals surface area contributed by atoms with Crippen LogP contribution in [0.25, 0.3) is 0 Å². The maximum atomic E-state index is 9.32. The Labute approximate surface area is 80.7 Å². The third-order valence-electron chi connectivity index (χ3n) is 2.55. The van der Waals surface area contributed by atoms with Crippen LogP contribution in [0.2, 0.25) is 0 Å². The number of aliphatic hydroxyl groups excluding tert-OH is 1. The van der Waals surface area contributed by atoms with Gasteiger partial charge in [-0.2, -0.15) is 0 Å². The van der Waals surface area contributed by atoms with Crippen LogP contribution >= 0.6 is 0 Å². The standard InChI is InChI=1S/C10H21NO2/c1-4-10-7-13-9(3)6-11(10)5-8(2)12/h8-10,12H,4-7H2,1-3H3. The largest absolute Gasteiger partial charge is 0.392 e. The lowest BCUT2D eigenvalue weighted by molar-refractivity contribution is -0.0661. The molecule has 1 heterocycles. The van der Waals surface area contributed by atoms with E-state index in [0.717, 1.165) is 26.1 Å². The van der Waals surface area contributed by atoms with Crippen molar-refractivity contribution in [3.05, 3.63) is 0 Å². The molecule has 0 spiro atoms. The average Bonchev–Trinajstić information content (AvgIpc) is 2.03. The van der Waals surface area contributed by atoms with Gasteiger partial charge >= 0.3 is 0 Å². The molecule has 0 aromatic rings. The Morgan fingerprint density at radius 2 is 2.31 bits per heavy atom. The Balaban J connectivity index is 2.44. The Bertz CT molecular complexity index is 148. The van der Waals surface area contributed by atoms with Gasteiger partial charge in [-0.05, 0) is 20.3 Å². The maximum absolute atomic E-state index is 9.32. The highest BCUT2D eigenvalue weighted by Gasteiger charge is 2.25. The van der Waals surface area contributed by atoms with Crippen molar-refractivity contribution in [3.8, 4) is 0 Å². The minimum atomic E-state index is -0.237. The summed E-state index contributed by atoms with van der Waals surface area (Å²) in [6.45, 7) is 8.62. The number of ether oxygens (including phenoxy) is 1. The van der Waals surface area contributed by atoms with Crippen LogP contribution in [0.1, 0.15) is 27.2 Å². The lowest BCUT2D eigenvalue weighted by Crippen LogP contribution is -2.50. The van der Waals surface area contributed by atoms with E-state index >= 15 is 0 Å². The predicted octanol–water partition coefficient (Wildman–Crippen LogP) is 0.867. The summed E-state index contributed by atoms with van der Waals surface area (Å²) in [4.78, 5) is 2.33. The summed E-state index contributed by atoms with van der Waals surface area (Å²) in [6, 6.07) is 0.491. The van der Waals surface area contributed by atoms with Gasteiger partial charge in [-0.25, -0.2) is 0 Å². The van der Waals surface area contributed by atoms with Crippen molar-refractivity contribution in [1.29, 1.82) is 0 Å². The van der Waals surface area contributed by atoms with Gasteiger partial charge in [0.1, 0.15) is 0 Å². The molecule has 1 fully saturated rings. The molecule has 0 radical (unpaired) electrons. The zero-order valence-electron chi connectivity index (χ0n) is 8.86. The third-order valence-corrected chi connectivity index (χ3v) is 2.55. The first-order valence-corrected chi connectivity index (χ1v) is 5.17. The number of rotatable bonds is 3. The summed E-state index contributed by atoms with van der Waals surface area (Å²) in [6.07, 6.45) is 1.17. The zero-order chi connectivity index (χ0) is 9.84. The minimum Gasteiger partial charge on any atom is -0.392 e. The summed E-state index contributed by atoms with van der Waals surface area (Å²) in [5, 5.41) is 9.32. The Hall–Kier alpha value is -0.120. The Kier molecular flexibility index (Phi) is 4.16. The van der Waals surface area contributed by atoms with Crippen LogP contribution in [0.3, 0.4) is 0 Å². The first kappa shape index (κ1) is 11.0. The molecule has 1 aliphatic heterocycles. The van der Waals surface area contributed by atoms with Crippen molar-refractivity contribution in [3.63, 3.8) is 0 Å². The second kappa shape index (κ2) is 4.94. The topological polar surface area (TPSA) is 32.7 Å². The predicted molar refractivity (Wildman–Crippen MR) is 52.7 cm³/mol. The van der Waals surface area contributed by atoms with Gasteiger partial charge in [0, 0.05) is 19.1 Å². The summed E-state index contributed by atoms with van der Waals surface area (Å²) in [7, 11) is 0. The highest BCUT2D eigenvalue weighted by Crippen LogP contribution is 2.14. The first-order chi connectivity index (χ1) is 6.13. The van der Waals surface area contributed by atoms with Crippen LogP contribution < -0.4 is 0 Å². The second-order valence-electron chi connectivity index (χ2n) is 4.01. The molecular weight excluding hydrogens is 166 g/mol. The van der Waals surface area contributed by atoms with E-state index in [0.29, 0.717) is 12.1 Å². The fourth-order valence-corrected chi connectivity index (χ4v) is 1.85. The summed E-state index contributed by atoms with van der Waals surface area (Å²) in [5.74, 6) is 0. The van der Waals surface area contributed by atoms with Gasteiger partial charge in [-0.3, -0.25) is 4.90 Å². The molecule has 3 nitrogen and oxygen atoms in total. The lowest BCUT2D eigenvalue weighted by Gasteiger charge is -2.38. The number of β-amino-alcohol motifs (C(OH)–C–C–N with tert-alkyl or cyclic N) is 1. The second-order valence-corrected chi connectivity index (χ2v) is 4.01. The molecule has 0 aromatic heterocycles. The van der Waals surface area contributed by atoms with Gasteiger partial charge in [0.05, 0.1) is 18.8 Å². The van der Waals surface area contributed by atoms with Crippen molar-refractivity contribution < 1.29 is 9.84 Å². The highest BCUT2D eigenvalue weighted by atomic mass is 16.5. The summed E-state index contributed by atoms with van der Waals surface area (Å²) in [5.41, 5.74) is 0. The van der Waals surface area contributed by atoms with Crippen molar-refractivity contribution in [2.45, 2.75) is 45.4 Å². The molecule has 0 aromatic carbocycles. The van der Waals surface area contributed by atoms with Gasteiger partial charge < -0.3 is 9.84 Å². The maximum Gasteiger partial charge on any atom is 0.0674 e. The molecule has 0 amide bonds. The number of nitrogens with zero attached hydrogens (tertiary/aromatic N) is 1. The molecule has 0 bridgehead atoms. The molecule has 1 aliphatic rings. The van der Waals surface area contributed by atoms with E-state index in [-0.39, 0.29) is 6.10 Å². The third kappa shape index (κ3) is 3.25. The van der Waals surface area contributed by atoms with E-state index < -0.39 is 0 Å². The molecule has 78 valence electrons. The number of hydrogen-bond donors (Lipinski definition) is 1. The van der Waals surface area contributed by atoms with Crippen molar-refractivity contribution in [1.82, 2.24) is 4.90 Å². The van der Waals surface area contributed by atoms with Crippen molar-refractivity contribution >= 4 is 0 Å². The SMILES string of the molecule is CCC1COC(C)CN1CC(C)O. The molecule has 1 saturated heterocycles. The van der Waals surface area contributed by atoms with E-state index in [1.54, 1.807) is 0 Å². The lowest BCUT2D eigenvalue weighted by atomic mass is 10.1. The van der Waals surface area contributed by atoms with E-state index in [2.05, 4.69) is 18.7 Å². The van der Waals surface area contributed by atoms with E-state index in [1.807, 2.05) is 6.92 Å². The van der Waals surface area contributed by atoms with Gasteiger partial charge in [0.25, 0.3) is 0 Å². The molecule has 1 rings (SSSR count). The molecule has 13 heavy (non-hydrogen) atoms.